The van der Waals surface area contributed by atoms with E-state index in [-0.39, 0.29) is 11.7 Å². The molecule has 0 aliphatic rings. The molecule has 0 saturated heterocycles. The molecular weight excluding hydrogens is 322 g/mol. The number of benzene rings is 1. The lowest BCUT2D eigenvalue weighted by Gasteiger charge is -2.08. The van der Waals surface area contributed by atoms with E-state index in [2.05, 4.69) is 38.2 Å². The van der Waals surface area contributed by atoms with Gasteiger partial charge in [-0.05, 0) is 90.5 Å². The lowest BCUT2D eigenvalue weighted by molar-refractivity contribution is -0.112. The van der Waals surface area contributed by atoms with Crippen LogP contribution in [0.15, 0.2) is 47.1 Å². The van der Waals surface area contributed by atoms with Crippen molar-refractivity contribution >= 4 is 11.6 Å². The van der Waals surface area contributed by atoms with E-state index in [9.17, 15) is 9.90 Å². The van der Waals surface area contributed by atoms with E-state index in [1.807, 2.05) is 20.8 Å². The molecule has 2 N–H and O–H groups in total. The molecule has 1 aromatic carbocycles. The summed E-state index contributed by atoms with van der Waals surface area (Å²) in [6.07, 6.45) is 10.2. The van der Waals surface area contributed by atoms with Crippen LogP contribution in [0.5, 0.6) is 5.75 Å². The lowest BCUT2D eigenvalue weighted by atomic mass is 10.1. The van der Waals surface area contributed by atoms with Crippen molar-refractivity contribution in [3.05, 3.63) is 58.2 Å². The highest BCUT2D eigenvalue weighted by Gasteiger charge is 2.05. The predicted molar refractivity (Wildman–Crippen MR) is 112 cm³/mol. The molecular formula is C23H33NO2. The Labute approximate surface area is 158 Å². The second-order valence-electron chi connectivity index (χ2n) is 7.35. The summed E-state index contributed by atoms with van der Waals surface area (Å²) in [5.74, 6) is 0.151. The molecule has 0 spiro atoms. The van der Waals surface area contributed by atoms with Gasteiger partial charge in [0.25, 0.3) is 0 Å². The third kappa shape index (κ3) is 8.19. The Kier molecular flexibility index (Phi) is 8.91. The van der Waals surface area contributed by atoms with Crippen molar-refractivity contribution in [2.45, 2.75) is 67.2 Å². The third-order valence-electron chi connectivity index (χ3n) is 4.26. The van der Waals surface area contributed by atoms with Crippen LogP contribution in [0.25, 0.3) is 0 Å². The molecule has 0 aliphatic heterocycles. The highest BCUT2D eigenvalue weighted by molar-refractivity contribution is 5.99. The Morgan fingerprint density at radius 1 is 0.962 bits per heavy atom. The second-order valence-corrected chi connectivity index (χ2v) is 7.35. The van der Waals surface area contributed by atoms with Crippen molar-refractivity contribution in [2.75, 3.05) is 5.32 Å². The van der Waals surface area contributed by atoms with Gasteiger partial charge in [-0.2, -0.15) is 0 Å². The maximum atomic E-state index is 12.2. The SMILES string of the molecule is CC(C)=CCCC(C)=CCCC(C)=CC(=O)Nc1cc(C)c(O)c(C)c1. The van der Waals surface area contributed by atoms with Crippen molar-refractivity contribution in [1.82, 2.24) is 0 Å². The summed E-state index contributed by atoms with van der Waals surface area (Å²) in [7, 11) is 0. The van der Waals surface area contributed by atoms with Crippen LogP contribution in [0.4, 0.5) is 5.69 Å². The molecule has 0 saturated carbocycles. The zero-order valence-electron chi connectivity index (χ0n) is 17.1. The third-order valence-corrected chi connectivity index (χ3v) is 4.26. The van der Waals surface area contributed by atoms with Crippen LogP contribution in [0.2, 0.25) is 0 Å². The zero-order valence-corrected chi connectivity index (χ0v) is 17.1. The predicted octanol–water partition coefficient (Wildman–Crippen LogP) is 6.37. The van der Waals surface area contributed by atoms with E-state index in [0.29, 0.717) is 5.69 Å². The van der Waals surface area contributed by atoms with Crippen LogP contribution < -0.4 is 5.32 Å². The molecule has 0 bridgehead atoms. The molecule has 0 unspecified atom stereocenters. The van der Waals surface area contributed by atoms with Crippen molar-refractivity contribution in [3.63, 3.8) is 0 Å². The summed E-state index contributed by atoms with van der Waals surface area (Å²) in [4.78, 5) is 12.2. The highest BCUT2D eigenvalue weighted by Crippen LogP contribution is 2.25. The summed E-state index contributed by atoms with van der Waals surface area (Å²) in [5.41, 5.74) is 6.05. The molecule has 0 fully saturated rings. The van der Waals surface area contributed by atoms with E-state index in [1.165, 1.54) is 11.1 Å². The average molecular weight is 356 g/mol. The molecule has 1 rings (SSSR count). The number of phenols is 1. The van der Waals surface area contributed by atoms with Gasteiger partial charge in [0.2, 0.25) is 5.91 Å². The molecule has 0 aromatic heterocycles. The first-order valence-corrected chi connectivity index (χ1v) is 9.26. The number of phenolic OH excluding ortho intramolecular Hbond substituents is 1. The van der Waals surface area contributed by atoms with E-state index in [1.54, 1.807) is 18.2 Å². The molecule has 0 aliphatic carbocycles. The van der Waals surface area contributed by atoms with Crippen LogP contribution in [-0.2, 0) is 4.79 Å². The minimum atomic E-state index is -0.128. The number of carbonyl (C=O) groups is 1. The van der Waals surface area contributed by atoms with E-state index in [4.69, 9.17) is 0 Å². The maximum Gasteiger partial charge on any atom is 0.248 e. The Morgan fingerprint density at radius 3 is 2.08 bits per heavy atom. The van der Waals surface area contributed by atoms with E-state index in [0.717, 1.165) is 42.4 Å². The Morgan fingerprint density at radius 2 is 1.50 bits per heavy atom. The van der Waals surface area contributed by atoms with Crippen LogP contribution in [0.3, 0.4) is 0 Å². The first-order chi connectivity index (χ1) is 12.2. The first-order valence-electron chi connectivity index (χ1n) is 9.26. The van der Waals surface area contributed by atoms with Gasteiger partial charge < -0.3 is 10.4 Å². The molecule has 0 atom stereocenters. The normalized spacial score (nSPS) is 12.1. The van der Waals surface area contributed by atoms with Crippen molar-refractivity contribution in [2.24, 2.45) is 0 Å². The van der Waals surface area contributed by atoms with Gasteiger partial charge in [0, 0.05) is 11.8 Å². The van der Waals surface area contributed by atoms with Crippen LogP contribution in [-0.4, -0.2) is 11.0 Å². The first kappa shape index (κ1) is 21.8. The van der Waals surface area contributed by atoms with Crippen LogP contribution in [0, 0.1) is 13.8 Å². The number of aryl methyl sites for hydroxylation is 2. The summed E-state index contributed by atoms with van der Waals surface area (Å²) in [5, 5.41) is 12.7. The summed E-state index contributed by atoms with van der Waals surface area (Å²) < 4.78 is 0. The summed E-state index contributed by atoms with van der Waals surface area (Å²) in [6.45, 7) is 12.0. The van der Waals surface area contributed by atoms with E-state index < -0.39 is 0 Å². The largest absolute Gasteiger partial charge is 0.507 e. The number of aromatic hydroxyl groups is 1. The summed E-state index contributed by atoms with van der Waals surface area (Å²) in [6, 6.07) is 3.56. The molecule has 3 nitrogen and oxygen atoms in total. The Balaban J connectivity index is 2.51. The van der Waals surface area contributed by atoms with Gasteiger partial charge in [-0.15, -0.1) is 0 Å². The second kappa shape index (κ2) is 10.6. The van der Waals surface area contributed by atoms with Gasteiger partial charge in [-0.3, -0.25) is 4.79 Å². The molecule has 0 radical (unpaired) electrons. The molecule has 0 heterocycles. The van der Waals surface area contributed by atoms with Crippen LogP contribution in [0.1, 0.15) is 64.5 Å². The molecule has 1 aromatic rings. The topological polar surface area (TPSA) is 49.3 Å². The minimum absolute atomic E-state index is 0.128. The van der Waals surface area contributed by atoms with Gasteiger partial charge in [0.15, 0.2) is 0 Å². The Bertz CT molecular complexity index is 697. The number of carbonyl (C=O) groups excluding carboxylic acids is 1. The number of allylic oxidation sites excluding steroid dienone is 5. The average Bonchev–Trinajstić information content (AvgIpc) is 2.51. The summed E-state index contributed by atoms with van der Waals surface area (Å²) >= 11 is 0. The van der Waals surface area contributed by atoms with Crippen molar-refractivity contribution < 1.29 is 9.90 Å². The maximum absolute atomic E-state index is 12.2. The lowest BCUT2D eigenvalue weighted by Crippen LogP contribution is -2.09. The molecule has 26 heavy (non-hydrogen) atoms. The van der Waals surface area contributed by atoms with Gasteiger partial charge >= 0.3 is 0 Å². The number of anilines is 1. The van der Waals surface area contributed by atoms with Gasteiger partial charge in [-0.1, -0.05) is 28.9 Å². The smallest absolute Gasteiger partial charge is 0.248 e. The number of amides is 1. The minimum Gasteiger partial charge on any atom is -0.507 e. The van der Waals surface area contributed by atoms with Gasteiger partial charge in [0.1, 0.15) is 5.75 Å². The quantitative estimate of drug-likeness (QED) is 0.323. The number of rotatable bonds is 8. The van der Waals surface area contributed by atoms with Crippen molar-refractivity contribution in [1.29, 1.82) is 0 Å². The number of hydrogen-bond acceptors (Lipinski definition) is 2. The molecule has 3 heteroatoms. The fourth-order valence-electron chi connectivity index (χ4n) is 2.74. The molecule has 142 valence electrons. The monoisotopic (exact) mass is 355 g/mol. The number of hydrogen-bond donors (Lipinski definition) is 2. The Hall–Kier alpha value is -2.29. The van der Waals surface area contributed by atoms with Gasteiger partial charge in [0.05, 0.1) is 0 Å². The fraction of sp³-hybridized carbons (Fsp3) is 0.435. The fourth-order valence-corrected chi connectivity index (χ4v) is 2.74. The standard InChI is InChI=1S/C23H33NO2/c1-16(2)9-7-10-17(3)11-8-12-18(4)13-22(25)24-21-14-19(5)23(26)20(6)15-21/h9,11,13-15,26H,7-8,10,12H2,1-6H3,(H,24,25). The van der Waals surface area contributed by atoms with Crippen molar-refractivity contribution in [3.8, 4) is 5.75 Å². The zero-order chi connectivity index (χ0) is 19.7. The molecule has 1 amide bonds. The van der Waals surface area contributed by atoms with E-state index >= 15 is 0 Å². The number of nitrogens with one attached hydrogen (secondary N) is 1. The highest BCUT2D eigenvalue weighted by atomic mass is 16.3. The van der Waals surface area contributed by atoms with Crippen LogP contribution >= 0.6 is 0 Å². The van der Waals surface area contributed by atoms with Gasteiger partial charge in [-0.25, -0.2) is 0 Å².